The van der Waals surface area contributed by atoms with Gasteiger partial charge in [-0.25, -0.2) is 0 Å². The summed E-state index contributed by atoms with van der Waals surface area (Å²) in [5.41, 5.74) is 8.26. The number of anilines is 1. The Balaban J connectivity index is -0.000000724. The smallest absolute Gasteiger partial charge is 0.320 e. The zero-order chi connectivity index (χ0) is 27.8. The maximum Gasteiger partial charge on any atom is 0.320 e. The van der Waals surface area contributed by atoms with Crippen molar-refractivity contribution in [2.45, 2.75) is 88.6 Å². The Labute approximate surface area is 215 Å². The highest BCUT2D eigenvalue weighted by Gasteiger charge is 2.18. The van der Waals surface area contributed by atoms with E-state index in [1.165, 1.54) is 5.57 Å². The summed E-state index contributed by atoms with van der Waals surface area (Å²) in [6.07, 6.45) is 6.19. The first-order chi connectivity index (χ1) is 16.9. The average Bonchev–Trinajstić information content (AvgIpc) is 3.21. The van der Waals surface area contributed by atoms with Crippen LogP contribution in [0.25, 0.3) is 11.2 Å². The maximum absolute atomic E-state index is 5.98. The molecule has 0 spiro atoms. The van der Waals surface area contributed by atoms with Crippen LogP contribution in [0.5, 0.6) is 12.0 Å². The van der Waals surface area contributed by atoms with Gasteiger partial charge in [0.2, 0.25) is 0 Å². The number of ether oxygens (including phenoxy) is 3. The third-order valence-electron chi connectivity index (χ3n) is 3.87. The lowest BCUT2D eigenvalue weighted by Gasteiger charge is -2.09. The minimum atomic E-state index is 0.202. The fourth-order valence-corrected chi connectivity index (χ4v) is 2.56. The molecule has 0 aliphatic rings. The lowest BCUT2D eigenvalue weighted by molar-refractivity contribution is 0.141. The van der Waals surface area contributed by atoms with E-state index >= 15 is 0 Å². The number of methoxy groups -OCH3 is 2. The largest absolute Gasteiger partial charge is 0.468 e. The van der Waals surface area contributed by atoms with Crippen LogP contribution in [-0.4, -0.2) is 47.0 Å². The molecule has 0 fully saturated rings. The molecule has 0 unspecified atom stereocenters. The monoisotopic (exact) mass is 495 g/mol. The molecule has 2 rings (SSSR count). The molecule has 8 nitrogen and oxygen atoms in total. The van der Waals surface area contributed by atoms with Gasteiger partial charge in [-0.2, -0.15) is 15.0 Å². The predicted molar refractivity (Wildman–Crippen MR) is 151 cm³/mol. The van der Waals surface area contributed by atoms with Crippen LogP contribution in [0.2, 0.25) is 0 Å². The summed E-state index contributed by atoms with van der Waals surface area (Å²) in [6, 6.07) is 0.645. The molecule has 0 aliphatic carbocycles. The van der Waals surface area contributed by atoms with Crippen molar-refractivity contribution in [3.8, 4) is 12.0 Å². The number of nitrogens with two attached hydrogens (primary N) is 1. The number of imidazole rings is 1. The summed E-state index contributed by atoms with van der Waals surface area (Å²) in [6.45, 7) is 25.5. The molecule has 0 radical (unpaired) electrons. The Hall–Kier alpha value is -2.61. The van der Waals surface area contributed by atoms with E-state index in [0.717, 1.165) is 18.8 Å². The van der Waals surface area contributed by atoms with Crippen LogP contribution >= 0.6 is 0 Å². The van der Waals surface area contributed by atoms with Crippen LogP contribution in [-0.2, 0) is 11.3 Å². The molecule has 0 amide bonds. The molecule has 0 aliphatic heterocycles. The van der Waals surface area contributed by atoms with Gasteiger partial charge in [0.1, 0.15) is 6.61 Å². The Morgan fingerprint density at radius 2 is 1.63 bits per heavy atom. The zero-order valence-electron chi connectivity index (χ0n) is 24.6. The van der Waals surface area contributed by atoms with Gasteiger partial charge in [-0.15, -0.1) is 6.58 Å². The van der Waals surface area contributed by atoms with Crippen molar-refractivity contribution < 1.29 is 14.2 Å². The third-order valence-corrected chi connectivity index (χ3v) is 3.87. The van der Waals surface area contributed by atoms with Gasteiger partial charge in [-0.05, 0) is 25.7 Å². The molecule has 2 aromatic rings. The molecule has 0 saturated carbocycles. The minimum Gasteiger partial charge on any atom is -0.468 e. The SMILES string of the molecule is C=CCC(C)C.CC.CC.CC.CC/C=C(\C)Cn1c(OC)nc2c(N)nc(OCCOC)nc21. The number of nitrogens with zero attached hydrogens (tertiary/aromatic N) is 4. The van der Waals surface area contributed by atoms with Gasteiger partial charge in [-0.3, -0.25) is 4.57 Å². The second kappa shape index (κ2) is 24.5. The van der Waals surface area contributed by atoms with Crippen LogP contribution in [0.1, 0.15) is 82.1 Å². The minimum absolute atomic E-state index is 0.202. The van der Waals surface area contributed by atoms with Gasteiger partial charge in [0, 0.05) is 13.7 Å². The maximum atomic E-state index is 5.98. The second-order valence-electron chi connectivity index (χ2n) is 6.97. The Kier molecular flexibility index (Phi) is 25.9. The summed E-state index contributed by atoms with van der Waals surface area (Å²) in [4.78, 5) is 12.9. The summed E-state index contributed by atoms with van der Waals surface area (Å²) in [7, 11) is 3.17. The van der Waals surface area contributed by atoms with E-state index in [1.807, 2.05) is 52.2 Å². The number of fused-ring (bicyclic) bond motifs is 1. The quantitative estimate of drug-likeness (QED) is 0.277. The Bertz CT molecular complexity index is 802. The average molecular weight is 496 g/mol. The number of rotatable bonds is 10. The van der Waals surface area contributed by atoms with Gasteiger partial charge in [-0.1, -0.05) is 80.0 Å². The molecular formula is C27H53N5O3. The molecule has 2 N–H and O–H groups in total. The molecule has 8 heteroatoms. The number of hydrogen-bond acceptors (Lipinski definition) is 7. The van der Waals surface area contributed by atoms with Crippen LogP contribution in [0.4, 0.5) is 5.82 Å². The summed E-state index contributed by atoms with van der Waals surface area (Å²) >= 11 is 0. The fourth-order valence-electron chi connectivity index (χ4n) is 2.56. The first kappa shape index (κ1) is 36.9. The van der Waals surface area contributed by atoms with Crippen molar-refractivity contribution >= 4 is 17.0 Å². The van der Waals surface area contributed by atoms with Gasteiger partial charge in [0.25, 0.3) is 6.01 Å². The first-order valence-electron chi connectivity index (χ1n) is 12.8. The van der Waals surface area contributed by atoms with E-state index in [1.54, 1.807) is 14.2 Å². The molecule has 2 heterocycles. The van der Waals surface area contributed by atoms with Crippen molar-refractivity contribution in [3.05, 3.63) is 24.3 Å². The van der Waals surface area contributed by atoms with Gasteiger partial charge in [0.15, 0.2) is 17.0 Å². The standard InChI is InChI=1S/C15H23N5O3.C6H12.3C2H6/c1-5-6-10(2)9-20-13-11(17-15(20)22-4)12(16)18-14(19-13)23-8-7-21-3;1-4-5-6(2)3;3*1-2/h6H,5,7-9H2,1-4H3,(H2,16,18,19);4,6H,1,5H2,2-3H3;3*1-2H3/b10-6+;;;;. The number of nitrogen functional groups attached to an aromatic ring is 1. The van der Waals surface area contributed by atoms with E-state index in [9.17, 15) is 0 Å². The highest BCUT2D eigenvalue weighted by molar-refractivity contribution is 5.83. The van der Waals surface area contributed by atoms with Gasteiger partial charge in [0.05, 0.1) is 13.7 Å². The van der Waals surface area contributed by atoms with Crippen LogP contribution < -0.4 is 15.2 Å². The molecule has 0 saturated heterocycles. The van der Waals surface area contributed by atoms with Crippen molar-refractivity contribution in [2.24, 2.45) is 5.92 Å². The molecule has 204 valence electrons. The molecule has 0 aromatic carbocycles. The lowest BCUT2D eigenvalue weighted by Crippen LogP contribution is -2.09. The third kappa shape index (κ3) is 15.1. The lowest BCUT2D eigenvalue weighted by atomic mass is 10.1. The summed E-state index contributed by atoms with van der Waals surface area (Å²) < 4.78 is 17.6. The topological polar surface area (TPSA) is 97.3 Å². The highest BCUT2D eigenvalue weighted by atomic mass is 16.5. The van der Waals surface area contributed by atoms with E-state index in [0.29, 0.717) is 36.9 Å². The molecule has 0 atom stereocenters. The van der Waals surface area contributed by atoms with Crippen molar-refractivity contribution in [1.82, 2.24) is 19.5 Å². The van der Waals surface area contributed by atoms with E-state index in [-0.39, 0.29) is 11.8 Å². The first-order valence-corrected chi connectivity index (χ1v) is 12.8. The van der Waals surface area contributed by atoms with Gasteiger partial charge >= 0.3 is 6.01 Å². The van der Waals surface area contributed by atoms with E-state index in [4.69, 9.17) is 19.9 Å². The highest BCUT2D eigenvalue weighted by Crippen LogP contribution is 2.26. The number of allylic oxidation sites excluding steroid dienone is 3. The van der Waals surface area contributed by atoms with Crippen molar-refractivity contribution in [2.75, 3.05) is 33.2 Å². The summed E-state index contributed by atoms with van der Waals surface area (Å²) in [5.74, 6) is 1.04. The van der Waals surface area contributed by atoms with Crippen LogP contribution in [0.15, 0.2) is 24.3 Å². The molecular weight excluding hydrogens is 442 g/mol. The van der Waals surface area contributed by atoms with E-state index in [2.05, 4.69) is 55.3 Å². The Morgan fingerprint density at radius 1 is 1.03 bits per heavy atom. The number of aromatic nitrogens is 4. The van der Waals surface area contributed by atoms with Crippen molar-refractivity contribution in [1.29, 1.82) is 0 Å². The van der Waals surface area contributed by atoms with E-state index < -0.39 is 0 Å². The van der Waals surface area contributed by atoms with Crippen molar-refractivity contribution in [3.63, 3.8) is 0 Å². The molecule has 0 bridgehead atoms. The second-order valence-corrected chi connectivity index (χ2v) is 6.97. The molecule has 35 heavy (non-hydrogen) atoms. The summed E-state index contributed by atoms with van der Waals surface area (Å²) in [5, 5.41) is 0. The fraction of sp³-hybridized carbons (Fsp3) is 0.667. The Morgan fingerprint density at radius 3 is 2.06 bits per heavy atom. The zero-order valence-corrected chi connectivity index (χ0v) is 24.6. The van der Waals surface area contributed by atoms with Crippen LogP contribution in [0.3, 0.4) is 0 Å². The predicted octanol–water partition coefficient (Wildman–Crippen LogP) is 7.10. The van der Waals surface area contributed by atoms with Gasteiger partial charge < -0.3 is 19.9 Å². The number of hydrogen-bond donors (Lipinski definition) is 1. The van der Waals surface area contributed by atoms with Crippen LogP contribution in [0, 0.1) is 5.92 Å². The normalized spacial score (nSPS) is 9.91. The molecule has 2 aromatic heterocycles.